The molecule has 0 aromatic heterocycles. The van der Waals surface area contributed by atoms with Crippen LogP contribution in [0.2, 0.25) is 0 Å². The molecule has 1 saturated heterocycles. The Morgan fingerprint density at radius 2 is 2.24 bits per heavy atom. The van der Waals surface area contributed by atoms with Crippen LogP contribution in [0, 0.1) is 0 Å². The van der Waals surface area contributed by atoms with Crippen molar-refractivity contribution < 1.29 is 4.74 Å². The van der Waals surface area contributed by atoms with Crippen molar-refractivity contribution >= 4 is 0 Å². The van der Waals surface area contributed by atoms with Gasteiger partial charge in [0.2, 0.25) is 0 Å². The van der Waals surface area contributed by atoms with E-state index in [0.717, 1.165) is 18.6 Å². The predicted octanol–water partition coefficient (Wildman–Crippen LogP) is 2.91. The smallest absolute Gasteiger partial charge is 0.123 e. The number of fused-ring (bicyclic) bond motifs is 1. The number of para-hydroxylation sites is 1. The number of hydrogen-bond acceptors (Lipinski definition) is 2. The Bertz CT molecular complexity index is 371. The van der Waals surface area contributed by atoms with E-state index in [2.05, 4.69) is 36.5 Å². The summed E-state index contributed by atoms with van der Waals surface area (Å²) in [4.78, 5) is 0. The monoisotopic (exact) mass is 231 g/mol. The highest BCUT2D eigenvalue weighted by Crippen LogP contribution is 2.37. The quantitative estimate of drug-likeness (QED) is 0.845. The number of ether oxygens (including phenoxy) is 1. The average Bonchev–Trinajstić information content (AvgIpc) is 2.66. The van der Waals surface area contributed by atoms with E-state index >= 15 is 0 Å². The van der Waals surface area contributed by atoms with Gasteiger partial charge in [-0.05, 0) is 37.9 Å². The van der Waals surface area contributed by atoms with Gasteiger partial charge in [0.15, 0.2) is 0 Å². The maximum absolute atomic E-state index is 6.16. The van der Waals surface area contributed by atoms with Gasteiger partial charge in [0.05, 0.1) is 0 Å². The van der Waals surface area contributed by atoms with Crippen LogP contribution in [0.4, 0.5) is 0 Å². The highest BCUT2D eigenvalue weighted by molar-refractivity contribution is 5.38. The van der Waals surface area contributed by atoms with Crippen LogP contribution in [0.15, 0.2) is 24.3 Å². The van der Waals surface area contributed by atoms with E-state index in [1.54, 1.807) is 0 Å². The van der Waals surface area contributed by atoms with Gasteiger partial charge in [-0.1, -0.05) is 24.6 Å². The Hall–Kier alpha value is -1.02. The second kappa shape index (κ2) is 4.34. The van der Waals surface area contributed by atoms with E-state index in [9.17, 15) is 0 Å². The van der Waals surface area contributed by atoms with E-state index in [1.165, 1.54) is 31.4 Å². The molecule has 0 bridgehead atoms. The van der Waals surface area contributed by atoms with E-state index in [0.29, 0.717) is 6.04 Å². The van der Waals surface area contributed by atoms with Gasteiger partial charge in [-0.2, -0.15) is 0 Å². The van der Waals surface area contributed by atoms with Crippen molar-refractivity contribution in [3.05, 3.63) is 29.8 Å². The van der Waals surface area contributed by atoms with Crippen molar-refractivity contribution in [2.45, 2.75) is 50.7 Å². The molecule has 2 nitrogen and oxygen atoms in total. The van der Waals surface area contributed by atoms with Crippen LogP contribution in [0.1, 0.15) is 38.2 Å². The molecular formula is C15H21NO. The molecule has 2 unspecified atom stereocenters. The van der Waals surface area contributed by atoms with Gasteiger partial charge in [-0.25, -0.2) is 0 Å². The second-order valence-corrected chi connectivity index (χ2v) is 5.69. The minimum atomic E-state index is -0.00130. The lowest BCUT2D eigenvalue weighted by Crippen LogP contribution is -2.43. The van der Waals surface area contributed by atoms with Gasteiger partial charge < -0.3 is 10.1 Å². The van der Waals surface area contributed by atoms with Crippen LogP contribution in [0.3, 0.4) is 0 Å². The molecule has 1 N–H and O–H groups in total. The number of nitrogens with one attached hydrogen (secondary N) is 1. The van der Waals surface area contributed by atoms with Crippen molar-refractivity contribution in [1.29, 1.82) is 0 Å². The zero-order valence-electron chi connectivity index (χ0n) is 10.5. The Morgan fingerprint density at radius 1 is 1.35 bits per heavy atom. The molecular weight excluding hydrogens is 210 g/mol. The van der Waals surface area contributed by atoms with E-state index < -0.39 is 0 Å². The van der Waals surface area contributed by atoms with Gasteiger partial charge in [0, 0.05) is 18.9 Å². The molecule has 0 amide bonds. The minimum Gasteiger partial charge on any atom is -0.487 e. The van der Waals surface area contributed by atoms with Crippen molar-refractivity contribution in [3.8, 4) is 5.75 Å². The van der Waals surface area contributed by atoms with Crippen molar-refractivity contribution in [3.63, 3.8) is 0 Å². The first-order valence-electron chi connectivity index (χ1n) is 6.75. The standard InChI is InChI=1S/C15H21NO/c1-15(11-13-7-4-5-9-16-13)10-12-6-2-3-8-14(12)17-15/h2-3,6,8,13,16H,4-5,7,9-11H2,1H3. The van der Waals surface area contributed by atoms with E-state index in [-0.39, 0.29) is 5.60 Å². The second-order valence-electron chi connectivity index (χ2n) is 5.69. The van der Waals surface area contributed by atoms with Crippen LogP contribution in [-0.2, 0) is 6.42 Å². The highest BCUT2D eigenvalue weighted by atomic mass is 16.5. The van der Waals surface area contributed by atoms with Crippen molar-refractivity contribution in [2.24, 2.45) is 0 Å². The first-order chi connectivity index (χ1) is 8.25. The van der Waals surface area contributed by atoms with Crippen molar-refractivity contribution in [1.82, 2.24) is 5.32 Å². The fourth-order valence-corrected chi connectivity index (χ4v) is 3.19. The molecule has 1 fully saturated rings. The minimum absolute atomic E-state index is 0.00130. The summed E-state index contributed by atoms with van der Waals surface area (Å²) in [6.45, 7) is 3.43. The van der Waals surface area contributed by atoms with Crippen molar-refractivity contribution in [2.75, 3.05) is 6.54 Å². The predicted molar refractivity (Wildman–Crippen MR) is 69.4 cm³/mol. The lowest BCUT2D eigenvalue weighted by molar-refractivity contribution is 0.0871. The Morgan fingerprint density at radius 3 is 3.00 bits per heavy atom. The third kappa shape index (κ3) is 2.32. The molecule has 3 rings (SSSR count). The van der Waals surface area contributed by atoms with Crippen LogP contribution >= 0.6 is 0 Å². The highest BCUT2D eigenvalue weighted by Gasteiger charge is 2.36. The molecule has 2 aliphatic rings. The topological polar surface area (TPSA) is 21.3 Å². The van der Waals surface area contributed by atoms with E-state index in [4.69, 9.17) is 4.74 Å². The maximum Gasteiger partial charge on any atom is 0.123 e. The zero-order valence-corrected chi connectivity index (χ0v) is 10.5. The molecule has 92 valence electrons. The van der Waals surface area contributed by atoms with Gasteiger partial charge in [0.1, 0.15) is 11.4 Å². The first kappa shape index (κ1) is 11.1. The molecule has 0 saturated carbocycles. The molecule has 0 spiro atoms. The zero-order chi connectivity index (χ0) is 11.7. The number of piperidine rings is 1. The lowest BCUT2D eigenvalue weighted by Gasteiger charge is -2.32. The summed E-state index contributed by atoms with van der Waals surface area (Å²) in [5.74, 6) is 1.09. The molecule has 1 aromatic carbocycles. The Balaban J connectivity index is 1.68. The van der Waals surface area contributed by atoms with E-state index in [1.807, 2.05) is 0 Å². The summed E-state index contributed by atoms with van der Waals surface area (Å²) >= 11 is 0. The van der Waals surface area contributed by atoms with Gasteiger partial charge in [-0.15, -0.1) is 0 Å². The molecule has 1 aromatic rings. The summed E-state index contributed by atoms with van der Waals surface area (Å²) in [6.07, 6.45) is 6.17. The summed E-state index contributed by atoms with van der Waals surface area (Å²) in [5, 5.41) is 3.62. The van der Waals surface area contributed by atoms with Gasteiger partial charge in [0.25, 0.3) is 0 Å². The number of hydrogen-bond donors (Lipinski definition) is 1. The fraction of sp³-hybridized carbons (Fsp3) is 0.600. The molecule has 2 heteroatoms. The summed E-state index contributed by atoms with van der Waals surface area (Å²) in [6, 6.07) is 9.09. The summed E-state index contributed by atoms with van der Waals surface area (Å²) in [7, 11) is 0. The Labute approximate surface area is 103 Å². The lowest BCUT2D eigenvalue weighted by atomic mass is 9.88. The normalized spacial score (nSPS) is 31.9. The van der Waals surface area contributed by atoms with Crippen LogP contribution < -0.4 is 10.1 Å². The third-order valence-electron chi connectivity index (χ3n) is 3.98. The molecule has 0 aliphatic carbocycles. The van der Waals surface area contributed by atoms with Gasteiger partial charge in [-0.3, -0.25) is 0 Å². The van der Waals surface area contributed by atoms with Crippen LogP contribution in [0.5, 0.6) is 5.75 Å². The van der Waals surface area contributed by atoms with Gasteiger partial charge >= 0.3 is 0 Å². The fourth-order valence-electron chi connectivity index (χ4n) is 3.19. The largest absolute Gasteiger partial charge is 0.487 e. The maximum atomic E-state index is 6.16. The average molecular weight is 231 g/mol. The first-order valence-corrected chi connectivity index (χ1v) is 6.75. The van der Waals surface area contributed by atoms with Crippen LogP contribution in [-0.4, -0.2) is 18.2 Å². The van der Waals surface area contributed by atoms with Crippen LogP contribution in [0.25, 0.3) is 0 Å². The molecule has 2 aliphatic heterocycles. The molecule has 17 heavy (non-hydrogen) atoms. The third-order valence-corrected chi connectivity index (χ3v) is 3.98. The molecule has 2 atom stereocenters. The summed E-state index contributed by atoms with van der Waals surface area (Å²) < 4.78 is 6.16. The number of rotatable bonds is 2. The number of benzene rings is 1. The summed E-state index contributed by atoms with van der Waals surface area (Å²) in [5.41, 5.74) is 1.37. The SMILES string of the molecule is CC1(CC2CCCCN2)Cc2ccccc2O1. The Kier molecular flexibility index (Phi) is 2.83. The molecule has 0 radical (unpaired) electrons. The molecule has 2 heterocycles.